The van der Waals surface area contributed by atoms with Crippen LogP contribution in [0.3, 0.4) is 0 Å². The molecule has 0 radical (unpaired) electrons. The third-order valence-electron chi connectivity index (χ3n) is 3.62. The molecule has 8 heteroatoms. The summed E-state index contributed by atoms with van der Waals surface area (Å²) in [7, 11) is -2.61. The van der Waals surface area contributed by atoms with Crippen LogP contribution in [0.15, 0.2) is 53.4 Å². The molecule has 0 saturated carbocycles. The van der Waals surface area contributed by atoms with E-state index in [0.717, 1.165) is 9.87 Å². The number of halogens is 2. The molecule has 0 aliphatic rings. The van der Waals surface area contributed by atoms with Crippen LogP contribution in [-0.2, 0) is 14.8 Å². The molecule has 2 aromatic rings. The fourth-order valence-electron chi connectivity index (χ4n) is 2.24. The largest absolute Gasteiger partial charge is 0.348 e. The Kier molecular flexibility index (Phi) is 6.46. The summed E-state index contributed by atoms with van der Waals surface area (Å²) in [6.07, 6.45) is 0. The molecular weight excluding hydrogens is 383 g/mol. The molecule has 0 fully saturated rings. The molecule has 1 N–H and O–H groups in total. The number of sulfonamides is 1. The third kappa shape index (κ3) is 4.95. The van der Waals surface area contributed by atoms with E-state index in [9.17, 15) is 13.2 Å². The van der Waals surface area contributed by atoms with Crippen LogP contribution in [0.4, 0.5) is 0 Å². The zero-order valence-corrected chi connectivity index (χ0v) is 16.1. The summed E-state index contributed by atoms with van der Waals surface area (Å²) in [6, 6.07) is 13.3. The van der Waals surface area contributed by atoms with Gasteiger partial charge in [-0.15, -0.1) is 0 Å². The van der Waals surface area contributed by atoms with Crippen LogP contribution in [-0.4, -0.2) is 32.2 Å². The second kappa shape index (κ2) is 8.19. The smallest absolute Gasteiger partial charge is 0.244 e. The van der Waals surface area contributed by atoms with Gasteiger partial charge in [-0.05, 0) is 30.7 Å². The molecule has 0 unspecified atom stereocenters. The summed E-state index contributed by atoms with van der Waals surface area (Å²) in [5, 5.41) is 3.07. The highest BCUT2D eigenvalue weighted by Crippen LogP contribution is 2.27. The van der Waals surface area contributed by atoms with Crippen molar-refractivity contribution in [1.82, 2.24) is 9.62 Å². The summed E-state index contributed by atoms with van der Waals surface area (Å²) in [4.78, 5) is 12.1. The molecular formula is C17H18Cl2N2O3S. The molecule has 5 nitrogen and oxygen atoms in total. The molecule has 0 heterocycles. The van der Waals surface area contributed by atoms with Crippen molar-refractivity contribution in [2.45, 2.75) is 17.9 Å². The number of benzene rings is 2. The Labute approximate surface area is 157 Å². The highest BCUT2D eigenvalue weighted by Gasteiger charge is 2.26. The summed E-state index contributed by atoms with van der Waals surface area (Å²) in [6.45, 7) is 1.50. The number of carbonyl (C=O) groups excluding carboxylic acids is 1. The number of amides is 1. The third-order valence-corrected chi connectivity index (χ3v) is 6.14. The van der Waals surface area contributed by atoms with Crippen molar-refractivity contribution < 1.29 is 13.2 Å². The SMILES string of the molecule is C[C@H](NC(=O)CN(C)S(=O)(=O)c1cc(Cl)ccc1Cl)c1ccccc1. The Morgan fingerprint density at radius 3 is 2.44 bits per heavy atom. The molecule has 2 aromatic carbocycles. The lowest BCUT2D eigenvalue weighted by Crippen LogP contribution is -2.39. The van der Waals surface area contributed by atoms with Gasteiger partial charge >= 0.3 is 0 Å². The molecule has 2 rings (SSSR count). The van der Waals surface area contributed by atoms with Crippen molar-refractivity contribution in [1.29, 1.82) is 0 Å². The molecule has 0 saturated heterocycles. The number of nitrogens with zero attached hydrogens (tertiary/aromatic N) is 1. The van der Waals surface area contributed by atoms with E-state index >= 15 is 0 Å². The number of hydrogen-bond acceptors (Lipinski definition) is 3. The van der Waals surface area contributed by atoms with Gasteiger partial charge < -0.3 is 5.32 Å². The average molecular weight is 401 g/mol. The zero-order chi connectivity index (χ0) is 18.6. The highest BCUT2D eigenvalue weighted by molar-refractivity contribution is 7.89. The molecule has 0 bridgehead atoms. The quantitative estimate of drug-likeness (QED) is 0.806. The number of hydrogen-bond donors (Lipinski definition) is 1. The summed E-state index contributed by atoms with van der Waals surface area (Å²) >= 11 is 11.8. The van der Waals surface area contributed by atoms with Crippen molar-refractivity contribution in [2.75, 3.05) is 13.6 Å². The van der Waals surface area contributed by atoms with Crippen LogP contribution < -0.4 is 5.32 Å². The summed E-state index contributed by atoms with van der Waals surface area (Å²) in [5.41, 5.74) is 0.930. The van der Waals surface area contributed by atoms with Gasteiger partial charge in [-0.25, -0.2) is 8.42 Å². The van der Waals surface area contributed by atoms with Gasteiger partial charge in [0.1, 0.15) is 4.90 Å². The maximum atomic E-state index is 12.6. The van der Waals surface area contributed by atoms with Crippen molar-refractivity contribution >= 4 is 39.1 Å². The first-order chi connectivity index (χ1) is 11.7. The standard InChI is InChI=1S/C17H18Cl2N2O3S/c1-12(13-6-4-3-5-7-13)20-17(22)11-21(2)25(23,24)16-10-14(18)8-9-15(16)19/h3-10,12H,11H2,1-2H3,(H,20,22)/t12-/m0/s1. The van der Waals surface area contributed by atoms with E-state index in [1.54, 1.807) is 0 Å². The maximum Gasteiger partial charge on any atom is 0.244 e. The monoisotopic (exact) mass is 400 g/mol. The van der Waals surface area contributed by atoms with E-state index in [2.05, 4.69) is 5.32 Å². The van der Waals surface area contributed by atoms with Crippen LogP contribution in [0.1, 0.15) is 18.5 Å². The number of likely N-dealkylation sites (N-methyl/N-ethyl adjacent to an activating group) is 1. The van der Waals surface area contributed by atoms with Gasteiger partial charge in [0.15, 0.2) is 0 Å². The predicted molar refractivity (Wildman–Crippen MR) is 99.3 cm³/mol. The first kappa shape index (κ1) is 19.7. The Hall–Kier alpha value is -1.60. The average Bonchev–Trinajstić information content (AvgIpc) is 2.57. The van der Waals surface area contributed by atoms with Crippen LogP contribution in [0.5, 0.6) is 0 Å². The van der Waals surface area contributed by atoms with Gasteiger partial charge in [-0.1, -0.05) is 53.5 Å². The van der Waals surface area contributed by atoms with E-state index in [4.69, 9.17) is 23.2 Å². The lowest BCUT2D eigenvalue weighted by Gasteiger charge is -2.20. The second-order valence-corrected chi connectivity index (χ2v) is 8.39. The van der Waals surface area contributed by atoms with Gasteiger partial charge in [-0.3, -0.25) is 4.79 Å². The maximum absolute atomic E-state index is 12.6. The normalized spacial score (nSPS) is 12.8. The minimum Gasteiger partial charge on any atom is -0.348 e. The van der Waals surface area contributed by atoms with E-state index in [1.807, 2.05) is 37.3 Å². The zero-order valence-electron chi connectivity index (χ0n) is 13.7. The van der Waals surface area contributed by atoms with Gasteiger partial charge in [0.2, 0.25) is 15.9 Å². The van der Waals surface area contributed by atoms with Crippen molar-refractivity contribution in [2.24, 2.45) is 0 Å². The van der Waals surface area contributed by atoms with Gasteiger partial charge in [-0.2, -0.15) is 4.31 Å². The topological polar surface area (TPSA) is 66.5 Å². The van der Waals surface area contributed by atoms with Crippen molar-refractivity contribution in [3.63, 3.8) is 0 Å². The Morgan fingerprint density at radius 1 is 1.16 bits per heavy atom. The van der Waals surface area contributed by atoms with Crippen LogP contribution in [0, 0.1) is 0 Å². The highest BCUT2D eigenvalue weighted by atomic mass is 35.5. The van der Waals surface area contributed by atoms with E-state index in [0.29, 0.717) is 0 Å². The van der Waals surface area contributed by atoms with Gasteiger partial charge in [0, 0.05) is 12.1 Å². The lowest BCUT2D eigenvalue weighted by molar-refractivity contribution is -0.121. The number of carbonyl (C=O) groups is 1. The second-order valence-electron chi connectivity index (χ2n) is 5.54. The van der Waals surface area contributed by atoms with Crippen LogP contribution in [0.25, 0.3) is 0 Å². The number of rotatable bonds is 6. The van der Waals surface area contributed by atoms with E-state index < -0.39 is 15.9 Å². The van der Waals surface area contributed by atoms with Crippen molar-refractivity contribution in [3.8, 4) is 0 Å². The van der Waals surface area contributed by atoms with Gasteiger partial charge in [0.25, 0.3) is 0 Å². The Bertz CT molecular complexity index is 857. The molecule has 134 valence electrons. The molecule has 1 amide bonds. The summed E-state index contributed by atoms with van der Waals surface area (Å²) in [5.74, 6) is -0.416. The fourth-order valence-corrected chi connectivity index (χ4v) is 4.10. The van der Waals surface area contributed by atoms with E-state index in [-0.39, 0.29) is 27.5 Å². The molecule has 0 aromatic heterocycles. The minimum absolute atomic E-state index is 0.0503. The predicted octanol–water partition coefficient (Wildman–Crippen LogP) is 3.49. The Morgan fingerprint density at radius 2 is 1.80 bits per heavy atom. The lowest BCUT2D eigenvalue weighted by atomic mass is 10.1. The molecule has 0 aliphatic carbocycles. The van der Waals surface area contributed by atoms with Crippen molar-refractivity contribution in [3.05, 3.63) is 64.1 Å². The fraction of sp³-hybridized carbons (Fsp3) is 0.235. The molecule has 1 atom stereocenters. The molecule has 25 heavy (non-hydrogen) atoms. The summed E-state index contributed by atoms with van der Waals surface area (Å²) < 4.78 is 26.1. The molecule has 0 spiro atoms. The first-order valence-corrected chi connectivity index (χ1v) is 9.67. The van der Waals surface area contributed by atoms with Crippen LogP contribution in [0.2, 0.25) is 10.0 Å². The molecule has 0 aliphatic heterocycles. The number of nitrogens with one attached hydrogen (secondary N) is 1. The first-order valence-electron chi connectivity index (χ1n) is 7.47. The van der Waals surface area contributed by atoms with Crippen LogP contribution >= 0.6 is 23.2 Å². The van der Waals surface area contributed by atoms with Gasteiger partial charge in [0.05, 0.1) is 17.6 Å². The Balaban J connectivity index is 2.09. The van der Waals surface area contributed by atoms with E-state index in [1.165, 1.54) is 25.2 Å². The minimum atomic E-state index is -3.93.